The van der Waals surface area contributed by atoms with E-state index in [4.69, 9.17) is 30.8 Å². The van der Waals surface area contributed by atoms with E-state index in [0.29, 0.717) is 62.6 Å². The van der Waals surface area contributed by atoms with Gasteiger partial charge in [-0.3, -0.25) is 14.2 Å². The quantitative estimate of drug-likeness (QED) is 0.150. The van der Waals surface area contributed by atoms with Gasteiger partial charge >= 0.3 is 0 Å². The zero-order chi connectivity index (χ0) is 34.7. The topological polar surface area (TPSA) is 82.4 Å². The van der Waals surface area contributed by atoms with Gasteiger partial charge in [0.15, 0.2) is 16.3 Å². The summed E-state index contributed by atoms with van der Waals surface area (Å²) in [4.78, 5) is 35.9. The summed E-state index contributed by atoms with van der Waals surface area (Å²) >= 11 is 7.63. The Kier molecular flexibility index (Phi) is 10.2. The minimum atomic E-state index is -0.757. The van der Waals surface area contributed by atoms with Crippen molar-refractivity contribution in [2.45, 2.75) is 40.3 Å². The van der Waals surface area contributed by atoms with Gasteiger partial charge in [-0.15, -0.1) is 0 Å². The van der Waals surface area contributed by atoms with Gasteiger partial charge in [-0.1, -0.05) is 77.5 Å². The number of likely N-dealkylation sites (N-methyl/N-ethyl adjacent to an activating group) is 1. The number of hydrogen-bond donors (Lipinski definition) is 0. The molecule has 0 saturated heterocycles. The van der Waals surface area contributed by atoms with E-state index in [1.807, 2.05) is 113 Å². The standard InChI is InChI=1S/C39H38ClN3O5S/c1-6-42(7-2)38(45)34-24(4)41-39-43(36(34)35-28-15-11-9-13-26(28)18-20-31(35)46-5)37(44)33(49-39)22-25-17-19-30(32(21-25)47-8-3)48-23-27-14-10-12-16-29(27)40/h9-22,36H,6-8,23H2,1-5H3/b33-22+/t36-/m0/s1. The number of aromatic nitrogens is 1. The molecule has 10 heteroatoms. The van der Waals surface area contributed by atoms with Gasteiger partial charge in [0.25, 0.3) is 11.5 Å². The van der Waals surface area contributed by atoms with Crippen molar-refractivity contribution in [3.8, 4) is 17.2 Å². The van der Waals surface area contributed by atoms with Crippen molar-refractivity contribution in [3.05, 3.63) is 132 Å². The Morgan fingerprint density at radius 2 is 1.69 bits per heavy atom. The molecule has 0 N–H and O–H groups in total. The highest BCUT2D eigenvalue weighted by Gasteiger charge is 2.36. The van der Waals surface area contributed by atoms with E-state index < -0.39 is 6.04 Å². The van der Waals surface area contributed by atoms with Crippen LogP contribution in [0.4, 0.5) is 0 Å². The third-order valence-electron chi connectivity index (χ3n) is 8.63. The third-order valence-corrected chi connectivity index (χ3v) is 9.98. The second kappa shape index (κ2) is 14.7. The molecule has 0 unspecified atom stereocenters. The van der Waals surface area contributed by atoms with Gasteiger partial charge in [-0.25, -0.2) is 4.99 Å². The Morgan fingerprint density at radius 3 is 2.43 bits per heavy atom. The number of nitrogens with zero attached hydrogens (tertiary/aromatic N) is 3. The van der Waals surface area contributed by atoms with Crippen LogP contribution in [0.2, 0.25) is 5.02 Å². The van der Waals surface area contributed by atoms with Crippen molar-refractivity contribution in [1.82, 2.24) is 9.47 Å². The summed E-state index contributed by atoms with van der Waals surface area (Å²) in [6.07, 6.45) is 1.83. The van der Waals surface area contributed by atoms with E-state index in [2.05, 4.69) is 0 Å². The summed E-state index contributed by atoms with van der Waals surface area (Å²) in [6, 6.07) is 24.2. The van der Waals surface area contributed by atoms with Crippen molar-refractivity contribution >= 4 is 45.7 Å². The number of hydrogen-bond acceptors (Lipinski definition) is 7. The number of amides is 1. The molecule has 5 aromatic rings. The molecule has 0 radical (unpaired) electrons. The zero-order valence-corrected chi connectivity index (χ0v) is 29.7. The van der Waals surface area contributed by atoms with Crippen LogP contribution in [0.5, 0.6) is 17.2 Å². The third kappa shape index (κ3) is 6.60. The molecule has 8 nitrogen and oxygen atoms in total. The number of fused-ring (bicyclic) bond motifs is 2. The Balaban J connectivity index is 1.50. The van der Waals surface area contributed by atoms with E-state index >= 15 is 0 Å². The minimum Gasteiger partial charge on any atom is -0.496 e. The summed E-state index contributed by atoms with van der Waals surface area (Å²) in [5, 5.41) is 2.50. The number of thiazole rings is 1. The molecule has 252 valence electrons. The molecular weight excluding hydrogens is 658 g/mol. The lowest BCUT2D eigenvalue weighted by molar-refractivity contribution is -0.127. The Labute approximate surface area is 294 Å². The van der Waals surface area contributed by atoms with Gasteiger partial charge in [-0.2, -0.15) is 0 Å². The molecule has 0 spiro atoms. The second-order valence-electron chi connectivity index (χ2n) is 11.5. The van der Waals surface area contributed by atoms with Crippen LogP contribution >= 0.6 is 22.9 Å². The summed E-state index contributed by atoms with van der Waals surface area (Å²) < 4.78 is 20.1. The van der Waals surface area contributed by atoms with Crippen LogP contribution < -0.4 is 29.1 Å². The maximum absolute atomic E-state index is 14.5. The maximum Gasteiger partial charge on any atom is 0.271 e. The fourth-order valence-electron chi connectivity index (χ4n) is 6.21. The number of halogens is 1. The zero-order valence-electron chi connectivity index (χ0n) is 28.2. The molecule has 6 rings (SSSR count). The van der Waals surface area contributed by atoms with Gasteiger partial charge < -0.3 is 19.1 Å². The molecule has 0 aliphatic carbocycles. The number of carbonyl (C=O) groups is 1. The second-order valence-corrected chi connectivity index (χ2v) is 12.9. The molecule has 0 fully saturated rings. The van der Waals surface area contributed by atoms with E-state index in [1.54, 1.807) is 16.6 Å². The van der Waals surface area contributed by atoms with Crippen LogP contribution in [-0.2, 0) is 11.4 Å². The minimum absolute atomic E-state index is 0.158. The molecule has 0 bridgehead atoms. The Hall–Kier alpha value is -4.86. The molecule has 2 heterocycles. The van der Waals surface area contributed by atoms with Crippen LogP contribution in [0.25, 0.3) is 16.8 Å². The Bertz CT molecular complexity index is 2250. The lowest BCUT2D eigenvalue weighted by Gasteiger charge is -2.30. The van der Waals surface area contributed by atoms with Gasteiger partial charge in [0.1, 0.15) is 18.4 Å². The van der Waals surface area contributed by atoms with Crippen LogP contribution in [-0.4, -0.2) is 42.2 Å². The predicted octanol–water partition coefficient (Wildman–Crippen LogP) is 6.90. The number of carbonyl (C=O) groups excluding carboxylic acids is 1. The van der Waals surface area contributed by atoms with Crippen LogP contribution in [0.3, 0.4) is 0 Å². The summed E-state index contributed by atoms with van der Waals surface area (Å²) in [5.74, 6) is 1.55. The highest BCUT2D eigenvalue weighted by molar-refractivity contribution is 7.07. The molecule has 1 amide bonds. The molecule has 1 aliphatic rings. The molecule has 1 aliphatic heterocycles. The molecule has 4 aromatic carbocycles. The van der Waals surface area contributed by atoms with Gasteiger partial charge in [0.2, 0.25) is 0 Å². The first-order valence-corrected chi connectivity index (χ1v) is 17.5. The number of allylic oxidation sites excluding steroid dienone is 1. The SMILES string of the molecule is CCOc1cc(/C=c2/sc3n(c2=O)[C@H](c2c(OC)ccc4ccccc24)C(C(=O)N(CC)CC)=C(C)N=3)ccc1OCc1ccccc1Cl. The summed E-state index contributed by atoms with van der Waals surface area (Å²) in [5.41, 5.74) is 3.14. The van der Waals surface area contributed by atoms with E-state index in [0.717, 1.165) is 27.5 Å². The average Bonchev–Trinajstić information content (AvgIpc) is 3.41. The Morgan fingerprint density at radius 1 is 0.959 bits per heavy atom. The van der Waals surface area contributed by atoms with Crippen LogP contribution in [0, 0.1) is 0 Å². The first kappa shape index (κ1) is 34.0. The molecule has 49 heavy (non-hydrogen) atoms. The van der Waals surface area contributed by atoms with Crippen molar-refractivity contribution in [2.75, 3.05) is 26.8 Å². The summed E-state index contributed by atoms with van der Waals surface area (Å²) in [7, 11) is 1.61. The van der Waals surface area contributed by atoms with Crippen molar-refractivity contribution < 1.29 is 19.0 Å². The van der Waals surface area contributed by atoms with Crippen molar-refractivity contribution in [2.24, 2.45) is 4.99 Å². The fraction of sp³-hybridized carbons (Fsp3) is 0.256. The molecular formula is C39H38ClN3O5S. The number of methoxy groups -OCH3 is 1. The monoisotopic (exact) mass is 695 g/mol. The van der Waals surface area contributed by atoms with Crippen LogP contribution in [0.15, 0.2) is 99.9 Å². The highest BCUT2D eigenvalue weighted by atomic mass is 35.5. The lowest BCUT2D eigenvalue weighted by atomic mass is 9.90. The number of ether oxygens (including phenoxy) is 3. The molecule has 0 saturated carbocycles. The lowest BCUT2D eigenvalue weighted by Crippen LogP contribution is -2.43. The van der Waals surface area contributed by atoms with Crippen molar-refractivity contribution in [1.29, 1.82) is 0 Å². The first-order chi connectivity index (χ1) is 23.8. The number of rotatable bonds is 11. The largest absolute Gasteiger partial charge is 0.496 e. The first-order valence-electron chi connectivity index (χ1n) is 16.3. The van der Waals surface area contributed by atoms with E-state index in [9.17, 15) is 9.59 Å². The van der Waals surface area contributed by atoms with E-state index in [-0.39, 0.29) is 18.1 Å². The fourth-order valence-corrected chi connectivity index (χ4v) is 7.45. The van der Waals surface area contributed by atoms with Gasteiger partial charge in [-0.05, 0) is 74.4 Å². The smallest absolute Gasteiger partial charge is 0.271 e. The average molecular weight is 696 g/mol. The predicted molar refractivity (Wildman–Crippen MR) is 196 cm³/mol. The summed E-state index contributed by atoms with van der Waals surface area (Å²) in [6.45, 7) is 9.41. The molecule has 1 aromatic heterocycles. The van der Waals surface area contributed by atoms with Gasteiger partial charge in [0, 0.05) is 29.2 Å². The molecule has 1 atom stereocenters. The normalized spacial score (nSPS) is 14.4. The van der Waals surface area contributed by atoms with Gasteiger partial charge in [0.05, 0.1) is 29.5 Å². The van der Waals surface area contributed by atoms with Crippen molar-refractivity contribution in [3.63, 3.8) is 0 Å². The van der Waals surface area contributed by atoms with Crippen LogP contribution in [0.1, 0.15) is 50.4 Å². The maximum atomic E-state index is 14.5. The van der Waals surface area contributed by atoms with E-state index in [1.165, 1.54) is 11.3 Å². The highest BCUT2D eigenvalue weighted by Crippen LogP contribution is 2.40. The number of benzene rings is 4.